The van der Waals surface area contributed by atoms with Crippen LogP contribution in [-0.2, 0) is 11.3 Å². The average molecular weight is 280 g/mol. The number of furan rings is 1. The monoisotopic (exact) mass is 280 g/mol. The molecule has 112 valence electrons. The van der Waals surface area contributed by atoms with Gasteiger partial charge in [-0.15, -0.1) is 0 Å². The van der Waals surface area contributed by atoms with Crippen LogP contribution < -0.4 is 11.1 Å². The number of hydrogen-bond acceptors (Lipinski definition) is 4. The van der Waals surface area contributed by atoms with Crippen LogP contribution in [0.3, 0.4) is 0 Å². The maximum atomic E-state index is 12.1. The highest BCUT2D eigenvalue weighted by Crippen LogP contribution is 2.31. The van der Waals surface area contributed by atoms with E-state index in [4.69, 9.17) is 14.9 Å². The molecule has 1 atom stereocenters. The molecule has 0 aliphatic carbocycles. The summed E-state index contributed by atoms with van der Waals surface area (Å²) in [6.45, 7) is 5.26. The van der Waals surface area contributed by atoms with E-state index in [9.17, 15) is 4.79 Å². The fourth-order valence-electron chi connectivity index (χ4n) is 2.76. The molecule has 1 saturated heterocycles. The SMILES string of the molecule is CCC1(CC)CC(NC(=O)c2ccc(CN)o2)CCO1. The van der Waals surface area contributed by atoms with Crippen LogP contribution in [0.15, 0.2) is 16.5 Å². The van der Waals surface area contributed by atoms with E-state index in [1.165, 1.54) is 0 Å². The van der Waals surface area contributed by atoms with Gasteiger partial charge in [0.2, 0.25) is 0 Å². The van der Waals surface area contributed by atoms with Crippen LogP contribution >= 0.6 is 0 Å². The van der Waals surface area contributed by atoms with Gasteiger partial charge in [-0.05, 0) is 37.8 Å². The van der Waals surface area contributed by atoms with E-state index in [1.54, 1.807) is 12.1 Å². The summed E-state index contributed by atoms with van der Waals surface area (Å²) in [6.07, 6.45) is 3.63. The molecule has 1 fully saturated rings. The molecule has 1 aliphatic heterocycles. The Labute approximate surface area is 119 Å². The number of hydrogen-bond donors (Lipinski definition) is 2. The number of rotatable bonds is 5. The first-order valence-corrected chi connectivity index (χ1v) is 7.36. The van der Waals surface area contributed by atoms with E-state index in [-0.39, 0.29) is 17.6 Å². The summed E-state index contributed by atoms with van der Waals surface area (Å²) in [4.78, 5) is 12.1. The molecule has 20 heavy (non-hydrogen) atoms. The molecule has 2 rings (SSSR count). The smallest absolute Gasteiger partial charge is 0.287 e. The highest BCUT2D eigenvalue weighted by molar-refractivity contribution is 5.91. The number of nitrogens with two attached hydrogens (primary N) is 1. The first-order chi connectivity index (χ1) is 9.62. The maximum absolute atomic E-state index is 12.1. The lowest BCUT2D eigenvalue weighted by Crippen LogP contribution is -2.48. The first-order valence-electron chi connectivity index (χ1n) is 7.36. The Kier molecular flexibility index (Phi) is 4.83. The molecule has 0 radical (unpaired) electrons. The highest BCUT2D eigenvalue weighted by Gasteiger charge is 2.35. The van der Waals surface area contributed by atoms with Crippen LogP contribution in [0.2, 0.25) is 0 Å². The Bertz CT molecular complexity index is 452. The Balaban J connectivity index is 1.97. The van der Waals surface area contributed by atoms with E-state index in [2.05, 4.69) is 19.2 Å². The summed E-state index contributed by atoms with van der Waals surface area (Å²) >= 11 is 0. The minimum atomic E-state index is -0.169. The zero-order valence-corrected chi connectivity index (χ0v) is 12.3. The number of carbonyl (C=O) groups is 1. The number of nitrogens with one attached hydrogen (secondary N) is 1. The summed E-state index contributed by atoms with van der Waals surface area (Å²) in [5, 5.41) is 3.04. The van der Waals surface area contributed by atoms with Gasteiger partial charge in [-0.25, -0.2) is 0 Å². The molecule has 0 aromatic carbocycles. The third-order valence-electron chi connectivity index (χ3n) is 4.20. The molecule has 5 heteroatoms. The Morgan fingerprint density at radius 3 is 2.80 bits per heavy atom. The molecule has 1 aromatic heterocycles. The Morgan fingerprint density at radius 1 is 1.45 bits per heavy atom. The van der Waals surface area contributed by atoms with Crippen LogP contribution in [0.1, 0.15) is 55.8 Å². The average Bonchev–Trinajstić information content (AvgIpc) is 2.96. The highest BCUT2D eigenvalue weighted by atomic mass is 16.5. The third-order valence-corrected chi connectivity index (χ3v) is 4.20. The van der Waals surface area contributed by atoms with E-state index in [1.807, 2.05) is 0 Å². The molecule has 5 nitrogen and oxygen atoms in total. The number of amides is 1. The minimum Gasteiger partial charge on any atom is -0.455 e. The van der Waals surface area contributed by atoms with Crippen molar-refractivity contribution in [1.82, 2.24) is 5.32 Å². The molecule has 1 aliphatic rings. The van der Waals surface area contributed by atoms with E-state index >= 15 is 0 Å². The van der Waals surface area contributed by atoms with Gasteiger partial charge in [0, 0.05) is 12.6 Å². The second kappa shape index (κ2) is 6.41. The summed E-state index contributed by atoms with van der Waals surface area (Å²) in [7, 11) is 0. The van der Waals surface area contributed by atoms with Crippen LogP contribution in [0.5, 0.6) is 0 Å². The summed E-state index contributed by atoms with van der Waals surface area (Å²) < 4.78 is 11.3. The van der Waals surface area contributed by atoms with E-state index in [0.29, 0.717) is 24.7 Å². The molecular weight excluding hydrogens is 256 g/mol. The topological polar surface area (TPSA) is 77.5 Å². The zero-order chi connectivity index (χ0) is 14.6. The van der Waals surface area contributed by atoms with Gasteiger partial charge in [0.25, 0.3) is 5.91 Å². The van der Waals surface area contributed by atoms with Gasteiger partial charge in [0.15, 0.2) is 5.76 Å². The predicted molar refractivity (Wildman–Crippen MR) is 76.4 cm³/mol. The van der Waals surface area contributed by atoms with E-state index in [0.717, 1.165) is 25.7 Å². The van der Waals surface area contributed by atoms with Crippen LogP contribution in [-0.4, -0.2) is 24.2 Å². The Hall–Kier alpha value is -1.33. The predicted octanol–water partition coefficient (Wildman–Crippen LogP) is 2.21. The molecule has 0 bridgehead atoms. The molecule has 1 aromatic rings. The second-order valence-corrected chi connectivity index (χ2v) is 5.37. The van der Waals surface area contributed by atoms with Crippen LogP contribution in [0.4, 0.5) is 0 Å². The van der Waals surface area contributed by atoms with Gasteiger partial charge < -0.3 is 20.2 Å². The van der Waals surface area contributed by atoms with Crippen LogP contribution in [0.25, 0.3) is 0 Å². The Morgan fingerprint density at radius 2 is 2.20 bits per heavy atom. The quantitative estimate of drug-likeness (QED) is 0.867. The van der Waals surface area contributed by atoms with Crippen molar-refractivity contribution >= 4 is 5.91 Å². The zero-order valence-electron chi connectivity index (χ0n) is 12.3. The van der Waals surface area contributed by atoms with Gasteiger partial charge in [-0.1, -0.05) is 13.8 Å². The number of carbonyl (C=O) groups excluding carboxylic acids is 1. The standard InChI is InChI=1S/C15H24N2O3/c1-3-15(4-2)9-11(7-8-19-15)17-14(18)13-6-5-12(10-16)20-13/h5-6,11H,3-4,7-10,16H2,1-2H3,(H,17,18). The lowest BCUT2D eigenvalue weighted by Gasteiger charge is -2.40. The summed E-state index contributed by atoms with van der Waals surface area (Å²) in [5.41, 5.74) is 5.38. The minimum absolute atomic E-state index is 0.0955. The first kappa shape index (κ1) is 15.1. The fourth-order valence-corrected chi connectivity index (χ4v) is 2.76. The lowest BCUT2D eigenvalue weighted by molar-refractivity contribution is -0.0918. The van der Waals surface area contributed by atoms with Gasteiger partial charge in [-0.2, -0.15) is 0 Å². The normalized spacial score (nSPS) is 21.6. The second-order valence-electron chi connectivity index (χ2n) is 5.37. The number of ether oxygens (including phenoxy) is 1. The lowest BCUT2D eigenvalue weighted by atomic mass is 9.86. The molecule has 1 amide bonds. The van der Waals surface area contributed by atoms with Crippen molar-refractivity contribution in [3.8, 4) is 0 Å². The van der Waals surface area contributed by atoms with Crippen molar-refractivity contribution in [1.29, 1.82) is 0 Å². The molecule has 0 spiro atoms. The van der Waals surface area contributed by atoms with Gasteiger partial charge in [0.05, 0.1) is 12.1 Å². The van der Waals surface area contributed by atoms with Crippen molar-refractivity contribution in [3.63, 3.8) is 0 Å². The maximum Gasteiger partial charge on any atom is 0.287 e. The largest absolute Gasteiger partial charge is 0.455 e. The molecule has 2 heterocycles. The summed E-state index contributed by atoms with van der Waals surface area (Å²) in [5.74, 6) is 0.784. The van der Waals surface area contributed by atoms with Gasteiger partial charge >= 0.3 is 0 Å². The molecular formula is C15H24N2O3. The van der Waals surface area contributed by atoms with Gasteiger partial charge in [-0.3, -0.25) is 4.79 Å². The van der Waals surface area contributed by atoms with Crippen LogP contribution in [0, 0.1) is 0 Å². The van der Waals surface area contributed by atoms with Crippen molar-refractivity contribution in [2.45, 2.75) is 57.7 Å². The molecule has 0 saturated carbocycles. The fraction of sp³-hybridized carbons (Fsp3) is 0.667. The third kappa shape index (κ3) is 3.22. The van der Waals surface area contributed by atoms with E-state index < -0.39 is 0 Å². The summed E-state index contributed by atoms with van der Waals surface area (Å²) in [6, 6.07) is 3.55. The van der Waals surface area contributed by atoms with Crippen molar-refractivity contribution in [2.75, 3.05) is 6.61 Å². The van der Waals surface area contributed by atoms with Gasteiger partial charge in [0.1, 0.15) is 5.76 Å². The van der Waals surface area contributed by atoms with Crippen molar-refractivity contribution < 1.29 is 13.9 Å². The van der Waals surface area contributed by atoms with Crippen molar-refractivity contribution in [3.05, 3.63) is 23.7 Å². The molecule has 3 N–H and O–H groups in total. The van der Waals surface area contributed by atoms with Crippen molar-refractivity contribution in [2.24, 2.45) is 5.73 Å². The molecule has 1 unspecified atom stereocenters.